The van der Waals surface area contributed by atoms with Crippen LogP contribution in [0.1, 0.15) is 12.5 Å². The Labute approximate surface area is 99.2 Å². The summed E-state index contributed by atoms with van der Waals surface area (Å²) < 4.78 is 5.14. The molecular weight excluding hydrogens is 224 g/mol. The van der Waals surface area contributed by atoms with Crippen LogP contribution in [-0.2, 0) is 5.41 Å². The van der Waals surface area contributed by atoms with Gasteiger partial charge in [0.2, 0.25) is 0 Å². The van der Waals surface area contributed by atoms with Gasteiger partial charge in [0, 0.05) is 29.7 Å². The topological polar surface area (TPSA) is 98.6 Å². The third-order valence-corrected chi connectivity index (χ3v) is 2.84. The van der Waals surface area contributed by atoms with Gasteiger partial charge in [-0.2, -0.15) is 0 Å². The standard InChI is InChI=1S/C11H16N2O4/c1-11(6-12,7-14)9-5-8(13(15)16)3-4-10(9)17-2/h3-5,14H,6-7,12H2,1-2H3. The van der Waals surface area contributed by atoms with Gasteiger partial charge in [-0.05, 0) is 6.07 Å². The minimum absolute atomic E-state index is 0.0473. The highest BCUT2D eigenvalue weighted by atomic mass is 16.6. The predicted molar refractivity (Wildman–Crippen MR) is 63.1 cm³/mol. The quantitative estimate of drug-likeness (QED) is 0.586. The highest BCUT2D eigenvalue weighted by Gasteiger charge is 2.29. The summed E-state index contributed by atoms with van der Waals surface area (Å²) in [5.74, 6) is 0.484. The Hall–Kier alpha value is -1.66. The lowest BCUT2D eigenvalue weighted by Crippen LogP contribution is -2.36. The molecule has 1 aromatic rings. The second-order valence-corrected chi connectivity index (χ2v) is 4.06. The van der Waals surface area contributed by atoms with Gasteiger partial charge in [-0.1, -0.05) is 6.92 Å². The number of nitrogens with two attached hydrogens (primary N) is 1. The third kappa shape index (κ3) is 2.54. The van der Waals surface area contributed by atoms with Crippen molar-refractivity contribution in [3.05, 3.63) is 33.9 Å². The molecule has 1 unspecified atom stereocenters. The monoisotopic (exact) mass is 240 g/mol. The molecule has 1 rings (SSSR count). The molecule has 0 fully saturated rings. The lowest BCUT2D eigenvalue weighted by molar-refractivity contribution is -0.385. The van der Waals surface area contributed by atoms with Crippen LogP contribution < -0.4 is 10.5 Å². The van der Waals surface area contributed by atoms with Crippen molar-refractivity contribution in [1.29, 1.82) is 0 Å². The Kier molecular flexibility index (Phi) is 4.03. The van der Waals surface area contributed by atoms with E-state index in [1.807, 2.05) is 0 Å². The number of nitro groups is 1. The Balaban J connectivity index is 3.37. The zero-order valence-corrected chi connectivity index (χ0v) is 9.84. The van der Waals surface area contributed by atoms with Crippen molar-refractivity contribution in [3.8, 4) is 5.75 Å². The van der Waals surface area contributed by atoms with E-state index in [0.29, 0.717) is 11.3 Å². The Morgan fingerprint density at radius 3 is 2.65 bits per heavy atom. The number of hydrogen-bond acceptors (Lipinski definition) is 5. The van der Waals surface area contributed by atoms with E-state index in [0.717, 1.165) is 0 Å². The smallest absolute Gasteiger partial charge is 0.269 e. The third-order valence-electron chi connectivity index (χ3n) is 2.84. The number of rotatable bonds is 5. The van der Waals surface area contributed by atoms with Crippen molar-refractivity contribution >= 4 is 5.69 Å². The predicted octanol–water partition coefficient (Wildman–Crippen LogP) is 0.812. The minimum atomic E-state index is -0.753. The normalized spacial score (nSPS) is 14.1. The zero-order chi connectivity index (χ0) is 13.1. The number of ether oxygens (including phenoxy) is 1. The van der Waals surface area contributed by atoms with Crippen LogP contribution in [0.3, 0.4) is 0 Å². The number of methoxy groups -OCH3 is 1. The maximum atomic E-state index is 10.7. The molecule has 0 spiro atoms. The van der Waals surface area contributed by atoms with Gasteiger partial charge in [0.25, 0.3) is 5.69 Å². The summed E-state index contributed by atoms with van der Waals surface area (Å²) >= 11 is 0. The van der Waals surface area contributed by atoms with Crippen molar-refractivity contribution < 1.29 is 14.8 Å². The highest BCUT2D eigenvalue weighted by molar-refractivity contribution is 5.47. The van der Waals surface area contributed by atoms with Gasteiger partial charge in [-0.3, -0.25) is 10.1 Å². The molecule has 0 saturated carbocycles. The number of aliphatic hydroxyl groups excluding tert-OH is 1. The van der Waals surface area contributed by atoms with E-state index in [1.54, 1.807) is 6.92 Å². The van der Waals surface area contributed by atoms with Gasteiger partial charge in [0.05, 0.1) is 18.6 Å². The second-order valence-electron chi connectivity index (χ2n) is 4.06. The molecule has 3 N–H and O–H groups in total. The minimum Gasteiger partial charge on any atom is -0.496 e. The lowest BCUT2D eigenvalue weighted by atomic mass is 9.82. The molecule has 6 nitrogen and oxygen atoms in total. The molecule has 6 heteroatoms. The van der Waals surface area contributed by atoms with E-state index >= 15 is 0 Å². The van der Waals surface area contributed by atoms with Crippen LogP contribution in [0.2, 0.25) is 0 Å². The average Bonchev–Trinajstić information content (AvgIpc) is 2.36. The molecule has 0 amide bonds. The molecule has 0 saturated heterocycles. The first-order valence-electron chi connectivity index (χ1n) is 5.12. The number of non-ortho nitro benzene ring substituents is 1. The van der Waals surface area contributed by atoms with Crippen LogP contribution in [0.25, 0.3) is 0 Å². The van der Waals surface area contributed by atoms with Crippen molar-refractivity contribution in [1.82, 2.24) is 0 Å². The number of hydrogen-bond donors (Lipinski definition) is 2. The summed E-state index contributed by atoms with van der Waals surface area (Å²) in [7, 11) is 1.47. The van der Waals surface area contributed by atoms with E-state index in [1.165, 1.54) is 25.3 Å². The van der Waals surface area contributed by atoms with Crippen LogP contribution in [0.4, 0.5) is 5.69 Å². The van der Waals surface area contributed by atoms with Crippen molar-refractivity contribution in [2.24, 2.45) is 5.73 Å². The van der Waals surface area contributed by atoms with E-state index in [4.69, 9.17) is 10.5 Å². The van der Waals surface area contributed by atoms with Gasteiger partial charge in [-0.25, -0.2) is 0 Å². The van der Waals surface area contributed by atoms with E-state index in [-0.39, 0.29) is 18.8 Å². The number of nitro benzene ring substituents is 1. The largest absolute Gasteiger partial charge is 0.496 e. The summed E-state index contributed by atoms with van der Waals surface area (Å²) in [6.07, 6.45) is 0. The molecule has 0 radical (unpaired) electrons. The molecule has 0 aliphatic carbocycles. The van der Waals surface area contributed by atoms with Gasteiger partial charge < -0.3 is 15.6 Å². The van der Waals surface area contributed by atoms with Gasteiger partial charge >= 0.3 is 0 Å². The van der Waals surface area contributed by atoms with Crippen LogP contribution in [0, 0.1) is 10.1 Å². The molecule has 0 aliphatic rings. The van der Waals surface area contributed by atoms with E-state index in [2.05, 4.69) is 0 Å². The van der Waals surface area contributed by atoms with E-state index < -0.39 is 10.3 Å². The van der Waals surface area contributed by atoms with Gasteiger partial charge in [-0.15, -0.1) is 0 Å². The highest BCUT2D eigenvalue weighted by Crippen LogP contribution is 2.33. The molecule has 0 bridgehead atoms. The maximum absolute atomic E-state index is 10.7. The first-order valence-corrected chi connectivity index (χ1v) is 5.12. The molecule has 0 heterocycles. The number of aliphatic hydroxyl groups is 1. The summed E-state index contributed by atoms with van der Waals surface area (Å²) in [6, 6.07) is 4.26. The first-order chi connectivity index (χ1) is 7.98. The molecule has 1 atom stereocenters. The summed E-state index contributed by atoms with van der Waals surface area (Å²) in [5.41, 5.74) is 5.35. The van der Waals surface area contributed by atoms with Crippen LogP contribution in [-0.4, -0.2) is 30.3 Å². The molecular formula is C11H16N2O4. The van der Waals surface area contributed by atoms with Crippen LogP contribution in [0.5, 0.6) is 5.75 Å². The van der Waals surface area contributed by atoms with Crippen LogP contribution >= 0.6 is 0 Å². The fourth-order valence-corrected chi connectivity index (χ4v) is 1.54. The van der Waals surface area contributed by atoms with E-state index in [9.17, 15) is 15.2 Å². The molecule has 17 heavy (non-hydrogen) atoms. The number of nitrogens with zero attached hydrogens (tertiary/aromatic N) is 1. The van der Waals surface area contributed by atoms with Crippen molar-refractivity contribution in [2.75, 3.05) is 20.3 Å². The Morgan fingerprint density at radius 1 is 1.59 bits per heavy atom. The fourth-order valence-electron chi connectivity index (χ4n) is 1.54. The fraction of sp³-hybridized carbons (Fsp3) is 0.455. The molecule has 0 aliphatic heterocycles. The van der Waals surface area contributed by atoms with Crippen LogP contribution in [0.15, 0.2) is 18.2 Å². The molecule has 1 aromatic carbocycles. The van der Waals surface area contributed by atoms with Crippen molar-refractivity contribution in [2.45, 2.75) is 12.3 Å². The summed E-state index contributed by atoms with van der Waals surface area (Å²) in [4.78, 5) is 10.2. The van der Waals surface area contributed by atoms with Gasteiger partial charge in [0.15, 0.2) is 0 Å². The second kappa shape index (κ2) is 5.11. The number of benzene rings is 1. The summed E-state index contributed by atoms with van der Waals surface area (Å²) in [5, 5.41) is 20.1. The summed E-state index contributed by atoms with van der Waals surface area (Å²) in [6.45, 7) is 1.69. The Bertz CT molecular complexity index is 416. The molecule has 0 aromatic heterocycles. The van der Waals surface area contributed by atoms with Gasteiger partial charge in [0.1, 0.15) is 5.75 Å². The maximum Gasteiger partial charge on any atom is 0.269 e. The molecule has 94 valence electrons. The first kappa shape index (κ1) is 13.4. The zero-order valence-electron chi connectivity index (χ0n) is 9.84. The van der Waals surface area contributed by atoms with Crippen molar-refractivity contribution in [3.63, 3.8) is 0 Å². The lowest BCUT2D eigenvalue weighted by Gasteiger charge is -2.27. The Morgan fingerprint density at radius 2 is 2.24 bits per heavy atom. The average molecular weight is 240 g/mol. The SMILES string of the molecule is COc1ccc([N+](=O)[O-])cc1C(C)(CN)CO.